The van der Waals surface area contributed by atoms with Gasteiger partial charge in [-0.2, -0.15) is 0 Å². The molecule has 1 atom stereocenters. The minimum absolute atomic E-state index is 0.206. The number of para-hydroxylation sites is 2. The van der Waals surface area contributed by atoms with E-state index >= 15 is 0 Å². The van der Waals surface area contributed by atoms with Gasteiger partial charge in [-0.15, -0.1) is 0 Å². The van der Waals surface area contributed by atoms with Gasteiger partial charge in [-0.05, 0) is 36.2 Å². The van der Waals surface area contributed by atoms with Crippen LogP contribution in [-0.4, -0.2) is 64.3 Å². The van der Waals surface area contributed by atoms with E-state index in [4.69, 9.17) is 9.72 Å². The first-order chi connectivity index (χ1) is 13.7. The molecule has 4 rings (SSSR count). The van der Waals surface area contributed by atoms with Gasteiger partial charge in [0.25, 0.3) is 0 Å². The Morgan fingerprint density at radius 1 is 1.14 bits per heavy atom. The Bertz CT molecular complexity index is 877. The van der Waals surface area contributed by atoms with Gasteiger partial charge in [-0.3, -0.25) is 9.80 Å². The minimum Gasteiger partial charge on any atom is -0.497 e. The fourth-order valence-electron chi connectivity index (χ4n) is 4.03. The number of piperazine rings is 1. The largest absolute Gasteiger partial charge is 0.497 e. The van der Waals surface area contributed by atoms with E-state index in [2.05, 4.69) is 33.0 Å². The molecule has 1 saturated heterocycles. The van der Waals surface area contributed by atoms with Gasteiger partial charge in [-0.25, -0.2) is 4.98 Å². The lowest BCUT2D eigenvalue weighted by atomic mass is 10.1. The van der Waals surface area contributed by atoms with Gasteiger partial charge in [0.1, 0.15) is 11.6 Å². The molecular weight excluding hydrogens is 352 g/mol. The van der Waals surface area contributed by atoms with Gasteiger partial charge in [0, 0.05) is 38.8 Å². The van der Waals surface area contributed by atoms with Crippen LogP contribution in [-0.2, 0) is 13.1 Å². The van der Waals surface area contributed by atoms with Gasteiger partial charge < -0.3 is 14.8 Å². The van der Waals surface area contributed by atoms with Crippen molar-refractivity contribution in [1.29, 1.82) is 0 Å². The number of imidazole rings is 1. The van der Waals surface area contributed by atoms with Crippen LogP contribution in [0.1, 0.15) is 17.8 Å². The topological polar surface area (TPSA) is 64.6 Å². The predicted octanol–water partition coefficient (Wildman–Crippen LogP) is 2.64. The van der Waals surface area contributed by atoms with Crippen molar-refractivity contribution >= 4 is 11.0 Å². The van der Waals surface area contributed by atoms with Crippen LogP contribution < -0.4 is 4.74 Å². The number of aliphatic hydroxyl groups excluding tert-OH is 1. The number of nitrogens with one attached hydrogen (secondary N) is 1. The Kier molecular flexibility index (Phi) is 5.90. The Morgan fingerprint density at radius 3 is 2.86 bits per heavy atom. The molecule has 0 radical (unpaired) electrons. The molecule has 148 valence electrons. The van der Waals surface area contributed by atoms with Crippen molar-refractivity contribution in [3.63, 3.8) is 0 Å². The molecule has 2 N–H and O–H groups in total. The SMILES string of the molecule is COc1cccc(CN2CCN(Cc3nc4ccccc4[nH]3)C[C@H]2CCO)c1. The fraction of sp³-hybridized carbons (Fsp3) is 0.409. The number of fused-ring (bicyclic) bond motifs is 1. The van der Waals surface area contributed by atoms with Gasteiger partial charge in [0.15, 0.2) is 0 Å². The number of aromatic amines is 1. The summed E-state index contributed by atoms with van der Waals surface area (Å²) in [6.07, 6.45) is 0.778. The van der Waals surface area contributed by atoms with Crippen LogP contribution in [0, 0.1) is 0 Å². The highest BCUT2D eigenvalue weighted by atomic mass is 16.5. The summed E-state index contributed by atoms with van der Waals surface area (Å²) in [6, 6.07) is 16.7. The second-order valence-corrected chi connectivity index (χ2v) is 7.42. The molecule has 6 heteroatoms. The quantitative estimate of drug-likeness (QED) is 0.660. The molecule has 28 heavy (non-hydrogen) atoms. The lowest BCUT2D eigenvalue weighted by Gasteiger charge is -2.41. The summed E-state index contributed by atoms with van der Waals surface area (Å²) in [5, 5.41) is 9.57. The number of H-pyrrole nitrogens is 1. The summed E-state index contributed by atoms with van der Waals surface area (Å²) >= 11 is 0. The number of hydrogen-bond donors (Lipinski definition) is 2. The van der Waals surface area contributed by atoms with Gasteiger partial charge >= 0.3 is 0 Å². The molecule has 0 saturated carbocycles. The van der Waals surface area contributed by atoms with Crippen molar-refractivity contribution in [3.05, 3.63) is 59.9 Å². The molecule has 0 unspecified atom stereocenters. The standard InChI is InChI=1S/C22H28N4O2/c1-28-19-6-4-5-17(13-19)14-26-11-10-25(15-18(26)9-12-27)16-22-23-20-7-2-3-8-21(20)24-22/h2-8,13,18,27H,9-12,14-16H2,1H3,(H,23,24)/t18-/m1/s1. The van der Waals surface area contributed by atoms with E-state index in [1.807, 2.05) is 30.3 Å². The number of methoxy groups -OCH3 is 1. The lowest BCUT2D eigenvalue weighted by molar-refractivity contribution is 0.0489. The Hall–Kier alpha value is -2.41. The maximum Gasteiger partial charge on any atom is 0.121 e. The van der Waals surface area contributed by atoms with E-state index in [1.165, 1.54) is 5.56 Å². The third kappa shape index (κ3) is 4.35. The van der Waals surface area contributed by atoms with Crippen molar-refractivity contribution < 1.29 is 9.84 Å². The first-order valence-electron chi connectivity index (χ1n) is 9.89. The summed E-state index contributed by atoms with van der Waals surface area (Å²) in [4.78, 5) is 13.0. The third-order valence-electron chi connectivity index (χ3n) is 5.48. The lowest BCUT2D eigenvalue weighted by Crippen LogP contribution is -2.52. The minimum atomic E-state index is 0.206. The van der Waals surface area contributed by atoms with Crippen LogP contribution in [0.15, 0.2) is 48.5 Å². The molecule has 1 aromatic heterocycles. The highest BCUT2D eigenvalue weighted by molar-refractivity contribution is 5.74. The van der Waals surface area contributed by atoms with Crippen LogP contribution in [0.4, 0.5) is 0 Å². The van der Waals surface area contributed by atoms with Crippen molar-refractivity contribution in [2.75, 3.05) is 33.4 Å². The van der Waals surface area contributed by atoms with E-state index in [-0.39, 0.29) is 6.61 Å². The molecule has 6 nitrogen and oxygen atoms in total. The van der Waals surface area contributed by atoms with Crippen LogP contribution in [0.3, 0.4) is 0 Å². The fourth-order valence-corrected chi connectivity index (χ4v) is 4.03. The molecule has 1 aliphatic rings. The molecule has 3 aromatic rings. The number of ether oxygens (including phenoxy) is 1. The maximum absolute atomic E-state index is 9.57. The first kappa shape index (κ1) is 18.9. The molecule has 0 amide bonds. The highest BCUT2D eigenvalue weighted by Gasteiger charge is 2.27. The van der Waals surface area contributed by atoms with E-state index in [0.29, 0.717) is 6.04 Å². The molecule has 0 bridgehead atoms. The zero-order chi connectivity index (χ0) is 19.3. The predicted molar refractivity (Wildman–Crippen MR) is 110 cm³/mol. The maximum atomic E-state index is 9.57. The number of rotatable bonds is 7. The van der Waals surface area contributed by atoms with E-state index < -0.39 is 0 Å². The summed E-state index contributed by atoms with van der Waals surface area (Å²) in [5.41, 5.74) is 3.34. The van der Waals surface area contributed by atoms with Crippen LogP contribution in [0.2, 0.25) is 0 Å². The second-order valence-electron chi connectivity index (χ2n) is 7.42. The number of hydrogen-bond acceptors (Lipinski definition) is 5. The van der Waals surface area contributed by atoms with Gasteiger partial charge in [-0.1, -0.05) is 24.3 Å². The second kappa shape index (κ2) is 8.73. The average molecular weight is 380 g/mol. The van der Waals surface area contributed by atoms with E-state index in [1.54, 1.807) is 7.11 Å². The Balaban J connectivity index is 1.42. The molecule has 1 aliphatic heterocycles. The van der Waals surface area contributed by atoms with Crippen molar-refractivity contribution in [2.45, 2.75) is 25.6 Å². The summed E-state index contributed by atoms with van der Waals surface area (Å²) in [7, 11) is 1.70. The van der Waals surface area contributed by atoms with Crippen molar-refractivity contribution in [3.8, 4) is 5.75 Å². The molecular formula is C22H28N4O2. The summed E-state index contributed by atoms with van der Waals surface area (Å²) in [6.45, 7) is 4.79. The van der Waals surface area contributed by atoms with E-state index in [0.717, 1.165) is 61.8 Å². The molecule has 1 fully saturated rings. The Labute approximate surface area is 165 Å². The number of nitrogens with zero attached hydrogens (tertiary/aromatic N) is 3. The molecule has 0 spiro atoms. The molecule has 2 heterocycles. The molecule has 2 aromatic carbocycles. The van der Waals surface area contributed by atoms with Crippen molar-refractivity contribution in [2.24, 2.45) is 0 Å². The highest BCUT2D eigenvalue weighted by Crippen LogP contribution is 2.21. The van der Waals surface area contributed by atoms with Crippen LogP contribution in [0.5, 0.6) is 5.75 Å². The number of aromatic nitrogens is 2. The first-order valence-corrected chi connectivity index (χ1v) is 9.89. The zero-order valence-electron chi connectivity index (χ0n) is 16.3. The Morgan fingerprint density at radius 2 is 2.04 bits per heavy atom. The third-order valence-corrected chi connectivity index (χ3v) is 5.48. The summed E-state index contributed by atoms with van der Waals surface area (Å²) < 4.78 is 5.35. The smallest absolute Gasteiger partial charge is 0.121 e. The summed E-state index contributed by atoms with van der Waals surface area (Å²) in [5.74, 6) is 1.89. The molecule has 0 aliphatic carbocycles. The van der Waals surface area contributed by atoms with Crippen LogP contribution in [0.25, 0.3) is 11.0 Å². The number of aliphatic hydroxyl groups is 1. The normalized spacial score (nSPS) is 18.6. The average Bonchev–Trinajstić information content (AvgIpc) is 3.12. The van der Waals surface area contributed by atoms with Crippen molar-refractivity contribution in [1.82, 2.24) is 19.8 Å². The van der Waals surface area contributed by atoms with Crippen LogP contribution >= 0.6 is 0 Å². The van der Waals surface area contributed by atoms with E-state index in [9.17, 15) is 5.11 Å². The monoisotopic (exact) mass is 380 g/mol. The van der Waals surface area contributed by atoms with Gasteiger partial charge in [0.2, 0.25) is 0 Å². The number of benzene rings is 2. The zero-order valence-corrected chi connectivity index (χ0v) is 16.3. The van der Waals surface area contributed by atoms with Gasteiger partial charge in [0.05, 0.1) is 24.7 Å².